The third-order valence-electron chi connectivity index (χ3n) is 10.8. The van der Waals surface area contributed by atoms with E-state index in [1.165, 1.54) is 141 Å². The predicted octanol–water partition coefficient (Wildman–Crippen LogP) is 16.8. The lowest BCUT2D eigenvalue weighted by Gasteiger charge is -2.18. The van der Waals surface area contributed by atoms with E-state index in [2.05, 4.69) is 69.4 Å². The summed E-state index contributed by atoms with van der Waals surface area (Å²) in [6.45, 7) is 7.78. The first-order chi connectivity index (χ1) is 28.6. The summed E-state index contributed by atoms with van der Waals surface area (Å²) in [5.74, 6) is -0.414. The molecule has 0 rings (SSSR count). The minimum absolute atomic E-state index is 0.0776. The number of carbonyl (C=O) groups is 2. The van der Waals surface area contributed by atoms with Crippen molar-refractivity contribution >= 4 is 11.9 Å². The van der Waals surface area contributed by atoms with Crippen LogP contribution in [0.2, 0.25) is 0 Å². The monoisotopic (exact) mass is 813 g/mol. The van der Waals surface area contributed by atoms with Gasteiger partial charge < -0.3 is 14.2 Å². The minimum atomic E-state index is -0.541. The second-order valence-corrected chi connectivity index (χ2v) is 16.7. The molecule has 0 aliphatic heterocycles. The number of hydrogen-bond donors (Lipinski definition) is 0. The van der Waals surface area contributed by atoms with Crippen LogP contribution in [0.4, 0.5) is 0 Å². The molecule has 0 fully saturated rings. The SMILES string of the molecule is CCCCC/C=C\C/C=C\C/C=C\CCCCCCCCC(=O)OCC(COCCCCCCCCCCCC)OC(=O)CCCCCCC/C=C\CCCCCC. The van der Waals surface area contributed by atoms with Crippen LogP contribution in [0.25, 0.3) is 0 Å². The normalized spacial score (nSPS) is 12.5. The number of allylic oxidation sites excluding steroid dienone is 8. The maximum Gasteiger partial charge on any atom is 0.306 e. The van der Waals surface area contributed by atoms with Gasteiger partial charge in [0.25, 0.3) is 0 Å². The Morgan fingerprint density at radius 3 is 1.22 bits per heavy atom. The van der Waals surface area contributed by atoms with Crippen LogP contribution in [-0.2, 0) is 23.8 Å². The van der Waals surface area contributed by atoms with Crippen molar-refractivity contribution in [2.45, 2.75) is 258 Å². The van der Waals surface area contributed by atoms with E-state index >= 15 is 0 Å². The second kappa shape index (κ2) is 49.2. The highest BCUT2D eigenvalue weighted by atomic mass is 16.6. The number of carbonyl (C=O) groups excluding carboxylic acids is 2. The summed E-state index contributed by atoms with van der Waals surface area (Å²) in [7, 11) is 0. The molecule has 0 aromatic carbocycles. The topological polar surface area (TPSA) is 61.8 Å². The van der Waals surface area contributed by atoms with Crippen molar-refractivity contribution in [2.75, 3.05) is 19.8 Å². The number of hydrogen-bond acceptors (Lipinski definition) is 5. The van der Waals surface area contributed by atoms with Crippen LogP contribution in [0, 0.1) is 0 Å². The molecule has 0 aliphatic carbocycles. The molecule has 0 radical (unpaired) electrons. The highest BCUT2D eigenvalue weighted by molar-refractivity contribution is 5.70. The van der Waals surface area contributed by atoms with Gasteiger partial charge in [-0.2, -0.15) is 0 Å². The summed E-state index contributed by atoms with van der Waals surface area (Å²) in [4.78, 5) is 25.3. The van der Waals surface area contributed by atoms with Gasteiger partial charge in [0.2, 0.25) is 0 Å². The van der Waals surface area contributed by atoms with Crippen molar-refractivity contribution < 1.29 is 23.8 Å². The number of rotatable bonds is 46. The van der Waals surface area contributed by atoms with Crippen LogP contribution in [0.5, 0.6) is 0 Å². The number of esters is 2. The van der Waals surface area contributed by atoms with Crippen LogP contribution in [0.1, 0.15) is 252 Å². The molecule has 1 atom stereocenters. The Bertz CT molecular complexity index is 966. The fourth-order valence-corrected chi connectivity index (χ4v) is 7.04. The summed E-state index contributed by atoms with van der Waals surface area (Å²) >= 11 is 0. The zero-order valence-electron chi connectivity index (χ0n) is 38.8. The molecule has 1 unspecified atom stereocenters. The molecule has 58 heavy (non-hydrogen) atoms. The first-order valence-corrected chi connectivity index (χ1v) is 25.2. The molecule has 0 saturated heterocycles. The Balaban J connectivity index is 4.22. The summed E-state index contributed by atoms with van der Waals surface area (Å²) in [5, 5.41) is 0. The summed E-state index contributed by atoms with van der Waals surface area (Å²) in [6.07, 6.45) is 59.6. The Morgan fingerprint density at radius 2 is 0.724 bits per heavy atom. The maximum atomic E-state index is 12.7. The van der Waals surface area contributed by atoms with Crippen molar-refractivity contribution in [3.8, 4) is 0 Å². The van der Waals surface area contributed by atoms with E-state index in [0.29, 0.717) is 19.4 Å². The molecule has 0 spiro atoms. The Morgan fingerprint density at radius 1 is 0.379 bits per heavy atom. The van der Waals surface area contributed by atoms with E-state index in [-0.39, 0.29) is 25.2 Å². The van der Waals surface area contributed by atoms with Gasteiger partial charge >= 0.3 is 11.9 Å². The van der Waals surface area contributed by atoms with Gasteiger partial charge in [0.1, 0.15) is 6.61 Å². The Kier molecular flexibility index (Phi) is 47.4. The van der Waals surface area contributed by atoms with Crippen LogP contribution < -0.4 is 0 Å². The Hall–Kier alpha value is -2.14. The van der Waals surface area contributed by atoms with Gasteiger partial charge in [-0.3, -0.25) is 9.59 Å². The molecule has 0 saturated carbocycles. The van der Waals surface area contributed by atoms with E-state index in [1.54, 1.807) is 0 Å². The van der Waals surface area contributed by atoms with Crippen molar-refractivity contribution in [1.82, 2.24) is 0 Å². The molecular weight excluding hydrogens is 717 g/mol. The minimum Gasteiger partial charge on any atom is -0.462 e. The third kappa shape index (κ3) is 46.5. The molecule has 0 amide bonds. The average Bonchev–Trinajstić information content (AvgIpc) is 3.22. The largest absolute Gasteiger partial charge is 0.462 e. The summed E-state index contributed by atoms with van der Waals surface area (Å²) in [5.41, 5.74) is 0. The zero-order chi connectivity index (χ0) is 42.1. The first-order valence-electron chi connectivity index (χ1n) is 25.2. The summed E-state index contributed by atoms with van der Waals surface area (Å²) in [6, 6.07) is 0. The van der Waals surface area contributed by atoms with E-state index in [4.69, 9.17) is 14.2 Å². The number of unbranched alkanes of at least 4 members (excludes halogenated alkanes) is 27. The molecule has 0 aliphatic rings. The van der Waals surface area contributed by atoms with Crippen LogP contribution in [0.15, 0.2) is 48.6 Å². The Labute approximate surface area is 361 Å². The molecular formula is C53H96O5. The quantitative estimate of drug-likeness (QED) is 0.0348. The van der Waals surface area contributed by atoms with Gasteiger partial charge in [-0.25, -0.2) is 0 Å². The predicted molar refractivity (Wildman–Crippen MR) is 251 cm³/mol. The molecule has 0 N–H and O–H groups in total. The lowest BCUT2D eigenvalue weighted by molar-refractivity contribution is -0.163. The maximum absolute atomic E-state index is 12.7. The van der Waals surface area contributed by atoms with Crippen LogP contribution >= 0.6 is 0 Å². The van der Waals surface area contributed by atoms with Gasteiger partial charge in [0.05, 0.1) is 6.61 Å². The summed E-state index contributed by atoms with van der Waals surface area (Å²) < 4.78 is 17.3. The molecule has 0 aromatic heterocycles. The molecule has 5 heteroatoms. The smallest absolute Gasteiger partial charge is 0.306 e. The fourth-order valence-electron chi connectivity index (χ4n) is 7.04. The van der Waals surface area contributed by atoms with Gasteiger partial charge in [-0.1, -0.05) is 204 Å². The van der Waals surface area contributed by atoms with Gasteiger partial charge in [0, 0.05) is 19.4 Å². The molecule has 0 aromatic rings. The molecule has 5 nitrogen and oxygen atoms in total. The van der Waals surface area contributed by atoms with E-state index < -0.39 is 6.10 Å². The standard InChI is InChI=1S/C53H96O5/c1-4-7-10-13-16-19-22-24-25-26-27-28-29-31-32-34-37-40-43-46-52(54)57-50-51(49-56-48-45-42-39-36-21-18-15-12-9-6-3)58-53(55)47-44-41-38-35-33-30-23-20-17-14-11-8-5-2/h16,19-20,23-25,27-28,51H,4-15,17-18,21-22,26,29-50H2,1-3H3/b19-16-,23-20-,25-24-,28-27-. The van der Waals surface area contributed by atoms with Crippen molar-refractivity contribution in [1.29, 1.82) is 0 Å². The third-order valence-corrected chi connectivity index (χ3v) is 10.8. The van der Waals surface area contributed by atoms with E-state index in [1.807, 2.05) is 0 Å². The van der Waals surface area contributed by atoms with Gasteiger partial charge in [-0.15, -0.1) is 0 Å². The van der Waals surface area contributed by atoms with Crippen molar-refractivity contribution in [3.63, 3.8) is 0 Å². The van der Waals surface area contributed by atoms with Gasteiger partial charge in [-0.05, 0) is 83.5 Å². The van der Waals surface area contributed by atoms with E-state index in [0.717, 1.165) is 77.0 Å². The molecule has 0 heterocycles. The average molecular weight is 813 g/mol. The lowest BCUT2D eigenvalue weighted by Crippen LogP contribution is -2.30. The van der Waals surface area contributed by atoms with Crippen molar-refractivity contribution in [2.24, 2.45) is 0 Å². The van der Waals surface area contributed by atoms with Crippen molar-refractivity contribution in [3.05, 3.63) is 48.6 Å². The van der Waals surface area contributed by atoms with E-state index in [9.17, 15) is 9.59 Å². The fraction of sp³-hybridized carbons (Fsp3) is 0.811. The second-order valence-electron chi connectivity index (χ2n) is 16.7. The van der Waals surface area contributed by atoms with Crippen LogP contribution in [-0.4, -0.2) is 37.9 Å². The highest BCUT2D eigenvalue weighted by Crippen LogP contribution is 2.14. The highest BCUT2D eigenvalue weighted by Gasteiger charge is 2.17. The molecule has 338 valence electrons. The molecule has 0 bridgehead atoms. The van der Waals surface area contributed by atoms with Gasteiger partial charge in [0.15, 0.2) is 6.10 Å². The van der Waals surface area contributed by atoms with Crippen LogP contribution in [0.3, 0.4) is 0 Å². The lowest BCUT2D eigenvalue weighted by atomic mass is 10.1. The zero-order valence-corrected chi connectivity index (χ0v) is 38.8. The number of ether oxygens (including phenoxy) is 3. The first kappa shape index (κ1) is 55.9.